The highest BCUT2D eigenvalue weighted by atomic mass is 35.5. The first-order valence-electron chi connectivity index (χ1n) is 8.17. The lowest BCUT2D eigenvalue weighted by atomic mass is 10.1. The van der Waals surface area contributed by atoms with Gasteiger partial charge in [0.05, 0.1) is 5.25 Å². The van der Waals surface area contributed by atoms with Gasteiger partial charge in [-0.2, -0.15) is 5.26 Å². The summed E-state index contributed by atoms with van der Waals surface area (Å²) in [5.74, 6) is -1.07. The van der Waals surface area contributed by atoms with Crippen molar-refractivity contribution in [3.8, 4) is 6.07 Å². The zero-order valence-corrected chi connectivity index (χ0v) is 16.1. The van der Waals surface area contributed by atoms with Crippen LogP contribution < -0.4 is 10.6 Å². The Labute approximate surface area is 166 Å². The van der Waals surface area contributed by atoms with Gasteiger partial charge in [-0.25, -0.2) is 0 Å². The zero-order chi connectivity index (χ0) is 19.6. The van der Waals surface area contributed by atoms with Gasteiger partial charge in [-0.05, 0) is 42.7 Å². The maximum absolute atomic E-state index is 13.2. The van der Waals surface area contributed by atoms with Crippen LogP contribution >= 0.6 is 23.4 Å². The highest BCUT2D eigenvalue weighted by Gasteiger charge is 2.40. The number of primary amides is 1. The van der Waals surface area contributed by atoms with Crippen LogP contribution in [0.4, 0.5) is 5.69 Å². The van der Waals surface area contributed by atoms with E-state index in [4.69, 9.17) is 17.3 Å². The zero-order valence-electron chi connectivity index (χ0n) is 14.5. The van der Waals surface area contributed by atoms with E-state index in [1.165, 1.54) is 16.7 Å². The number of carbonyl (C=O) groups is 2. The number of aryl methyl sites for hydroxylation is 1. The molecule has 2 aromatic rings. The summed E-state index contributed by atoms with van der Waals surface area (Å²) in [4.78, 5) is 26.3. The van der Waals surface area contributed by atoms with Crippen LogP contribution in [-0.4, -0.2) is 17.1 Å². The number of hydrogen-bond donors (Lipinski definition) is 1. The first-order chi connectivity index (χ1) is 12.9. The van der Waals surface area contributed by atoms with E-state index < -0.39 is 11.2 Å². The molecular formula is C20H16ClN3O2S. The van der Waals surface area contributed by atoms with E-state index >= 15 is 0 Å². The fraction of sp³-hybridized carbons (Fsp3) is 0.150. The van der Waals surface area contributed by atoms with Crippen molar-refractivity contribution in [2.45, 2.75) is 18.6 Å². The molecule has 0 aliphatic carbocycles. The van der Waals surface area contributed by atoms with Gasteiger partial charge in [0, 0.05) is 10.7 Å². The van der Waals surface area contributed by atoms with Gasteiger partial charge in [-0.1, -0.05) is 53.7 Å². The van der Waals surface area contributed by atoms with Crippen molar-refractivity contribution in [3.05, 3.63) is 75.3 Å². The standard InChI is InChI=1S/C20H16ClN3O2S/c1-12-5-4-7-14(9-12)24-19(26)17(10-13-6-2-3-8-16(13)21)27-20(24)15(11-22)18(23)25/h2-9,17H,10H2,1H3,(H2,23,25)/b20-15+/t17-/m1/s1. The van der Waals surface area contributed by atoms with Crippen LogP contribution in [0.2, 0.25) is 5.02 Å². The van der Waals surface area contributed by atoms with Crippen LogP contribution in [0.25, 0.3) is 0 Å². The monoisotopic (exact) mass is 397 g/mol. The molecule has 0 saturated carbocycles. The molecule has 2 aromatic carbocycles. The van der Waals surface area contributed by atoms with Crippen LogP contribution in [-0.2, 0) is 16.0 Å². The third-order valence-corrected chi connectivity index (χ3v) is 5.78. The van der Waals surface area contributed by atoms with Gasteiger partial charge < -0.3 is 5.73 Å². The molecule has 2 amide bonds. The Morgan fingerprint density at radius 2 is 2.04 bits per heavy atom. The third kappa shape index (κ3) is 3.85. The van der Waals surface area contributed by atoms with Gasteiger partial charge in [0.1, 0.15) is 16.7 Å². The number of amides is 2. The fourth-order valence-electron chi connectivity index (χ4n) is 2.87. The van der Waals surface area contributed by atoms with Crippen molar-refractivity contribution in [1.29, 1.82) is 5.26 Å². The number of benzene rings is 2. The van der Waals surface area contributed by atoms with Crippen LogP contribution in [0, 0.1) is 18.3 Å². The Morgan fingerprint density at radius 3 is 2.67 bits per heavy atom. The number of thioether (sulfide) groups is 1. The molecule has 1 aliphatic rings. The number of nitrogens with two attached hydrogens (primary N) is 1. The molecule has 0 aromatic heterocycles. The summed E-state index contributed by atoms with van der Waals surface area (Å²) in [6.45, 7) is 1.90. The number of rotatable bonds is 4. The molecule has 27 heavy (non-hydrogen) atoms. The smallest absolute Gasteiger partial charge is 0.262 e. The van der Waals surface area contributed by atoms with Crippen LogP contribution in [0.15, 0.2) is 59.1 Å². The van der Waals surface area contributed by atoms with Crippen LogP contribution in [0.1, 0.15) is 11.1 Å². The van der Waals surface area contributed by atoms with E-state index in [0.717, 1.165) is 11.1 Å². The summed E-state index contributed by atoms with van der Waals surface area (Å²) in [6.07, 6.45) is 0.381. The Hall–Kier alpha value is -2.75. The SMILES string of the molecule is Cc1cccc(N2C(=O)[C@@H](Cc3ccccc3Cl)S/C2=C(\C#N)C(N)=O)c1. The largest absolute Gasteiger partial charge is 0.365 e. The number of halogens is 1. The van der Waals surface area contributed by atoms with E-state index in [2.05, 4.69) is 0 Å². The van der Waals surface area contributed by atoms with Crippen LogP contribution in [0.5, 0.6) is 0 Å². The fourth-order valence-corrected chi connectivity index (χ4v) is 4.38. The van der Waals surface area contributed by atoms with Crippen molar-refractivity contribution in [2.75, 3.05) is 4.90 Å². The van der Waals surface area contributed by atoms with E-state index in [-0.39, 0.29) is 16.5 Å². The number of anilines is 1. The van der Waals surface area contributed by atoms with E-state index in [0.29, 0.717) is 17.1 Å². The highest BCUT2D eigenvalue weighted by Crippen LogP contribution is 2.42. The minimum Gasteiger partial charge on any atom is -0.365 e. The molecule has 0 bridgehead atoms. The molecule has 0 unspecified atom stereocenters. The normalized spacial score (nSPS) is 18.3. The molecule has 0 spiro atoms. The highest BCUT2D eigenvalue weighted by molar-refractivity contribution is 8.05. The van der Waals surface area contributed by atoms with Crippen molar-refractivity contribution in [1.82, 2.24) is 0 Å². The minimum atomic E-state index is -0.858. The Morgan fingerprint density at radius 1 is 1.30 bits per heavy atom. The molecule has 7 heteroatoms. The van der Waals surface area contributed by atoms with E-state index in [1.54, 1.807) is 12.1 Å². The van der Waals surface area contributed by atoms with E-state index in [1.807, 2.05) is 49.4 Å². The average Bonchev–Trinajstić information content (AvgIpc) is 2.93. The van der Waals surface area contributed by atoms with Gasteiger partial charge in [-0.15, -0.1) is 0 Å². The number of nitriles is 1. The third-order valence-electron chi connectivity index (χ3n) is 4.15. The summed E-state index contributed by atoms with van der Waals surface area (Å²) in [7, 11) is 0. The number of carbonyl (C=O) groups excluding carboxylic acids is 2. The molecular weight excluding hydrogens is 382 g/mol. The molecule has 1 heterocycles. The summed E-state index contributed by atoms with van der Waals surface area (Å²) < 4.78 is 0. The summed E-state index contributed by atoms with van der Waals surface area (Å²) in [6, 6.07) is 16.4. The second kappa shape index (κ2) is 7.87. The molecule has 2 N–H and O–H groups in total. The molecule has 3 rings (SSSR count). The first-order valence-corrected chi connectivity index (χ1v) is 9.43. The first kappa shape index (κ1) is 19.0. The Bertz CT molecular complexity index is 997. The summed E-state index contributed by atoms with van der Waals surface area (Å²) >= 11 is 7.39. The van der Waals surface area contributed by atoms with Gasteiger partial charge in [0.2, 0.25) is 5.91 Å². The Kier molecular flexibility index (Phi) is 5.54. The molecule has 5 nitrogen and oxygen atoms in total. The second-order valence-electron chi connectivity index (χ2n) is 6.07. The van der Waals surface area contributed by atoms with Crippen molar-refractivity contribution < 1.29 is 9.59 Å². The van der Waals surface area contributed by atoms with Crippen molar-refractivity contribution in [2.24, 2.45) is 5.73 Å². The lowest BCUT2D eigenvalue weighted by Gasteiger charge is -2.18. The topological polar surface area (TPSA) is 87.2 Å². The quantitative estimate of drug-likeness (QED) is 0.631. The molecule has 1 atom stereocenters. The van der Waals surface area contributed by atoms with Gasteiger partial charge in [0.25, 0.3) is 5.91 Å². The molecule has 1 aliphatic heterocycles. The maximum atomic E-state index is 13.2. The van der Waals surface area contributed by atoms with Crippen molar-refractivity contribution in [3.63, 3.8) is 0 Å². The molecule has 0 radical (unpaired) electrons. The van der Waals surface area contributed by atoms with Gasteiger partial charge in [-0.3, -0.25) is 14.5 Å². The van der Waals surface area contributed by atoms with Gasteiger partial charge >= 0.3 is 0 Å². The molecule has 136 valence electrons. The number of hydrogen-bond acceptors (Lipinski definition) is 4. The predicted octanol–water partition coefficient (Wildman–Crippen LogP) is 3.56. The predicted molar refractivity (Wildman–Crippen MR) is 107 cm³/mol. The minimum absolute atomic E-state index is 0.213. The number of nitrogens with zero attached hydrogens (tertiary/aromatic N) is 2. The van der Waals surface area contributed by atoms with Crippen LogP contribution in [0.3, 0.4) is 0 Å². The average molecular weight is 398 g/mol. The van der Waals surface area contributed by atoms with Gasteiger partial charge in [0.15, 0.2) is 0 Å². The van der Waals surface area contributed by atoms with Crippen molar-refractivity contribution >= 4 is 40.9 Å². The van der Waals surface area contributed by atoms with E-state index in [9.17, 15) is 14.9 Å². The lowest BCUT2D eigenvalue weighted by Crippen LogP contribution is -2.31. The lowest BCUT2D eigenvalue weighted by molar-refractivity contribution is -0.117. The second-order valence-corrected chi connectivity index (χ2v) is 7.67. The maximum Gasteiger partial charge on any atom is 0.262 e. The molecule has 1 saturated heterocycles. The molecule has 1 fully saturated rings. The summed E-state index contributed by atoms with van der Waals surface area (Å²) in [5, 5.41) is 9.72. The Balaban J connectivity index is 2.06. The summed E-state index contributed by atoms with van der Waals surface area (Å²) in [5.41, 5.74) is 7.53.